The van der Waals surface area contributed by atoms with E-state index < -0.39 is 0 Å². The molecule has 1 atom stereocenters. The Morgan fingerprint density at radius 1 is 0.868 bits per heavy atom. The van der Waals surface area contributed by atoms with Gasteiger partial charge in [-0.1, -0.05) is 49.4 Å². The predicted octanol–water partition coefficient (Wildman–Crippen LogP) is 5.57. The van der Waals surface area contributed by atoms with Gasteiger partial charge in [-0.3, -0.25) is 4.79 Å². The van der Waals surface area contributed by atoms with E-state index in [4.69, 9.17) is 9.47 Å². The van der Waals surface area contributed by atoms with Crippen LogP contribution in [0.1, 0.15) is 52.9 Å². The Kier molecular flexibility index (Phi) is 8.18. The van der Waals surface area contributed by atoms with Crippen molar-refractivity contribution in [3.8, 4) is 11.5 Å². The van der Waals surface area contributed by atoms with Gasteiger partial charge in [0.1, 0.15) is 0 Å². The third kappa shape index (κ3) is 5.37. The van der Waals surface area contributed by atoms with Gasteiger partial charge in [0.15, 0.2) is 11.5 Å². The number of amides is 1. The summed E-state index contributed by atoms with van der Waals surface area (Å²) >= 11 is 0. The molecule has 5 rings (SSSR count). The third-order valence-corrected chi connectivity index (χ3v) is 8.09. The molecule has 0 bridgehead atoms. The topological polar surface area (TPSA) is 45.2 Å². The normalized spacial score (nSPS) is 16.4. The molecule has 0 aromatic heterocycles. The Balaban J connectivity index is 1.42. The van der Waals surface area contributed by atoms with Crippen molar-refractivity contribution in [3.63, 3.8) is 0 Å². The average molecular weight is 514 g/mol. The highest BCUT2D eigenvalue weighted by Gasteiger charge is 2.36. The molecule has 0 saturated carbocycles. The van der Waals surface area contributed by atoms with Crippen LogP contribution in [0.25, 0.3) is 0 Å². The minimum Gasteiger partial charge on any atom is -0.493 e. The first-order valence-electron chi connectivity index (χ1n) is 13.8. The molecule has 2 aliphatic rings. The molecule has 200 valence electrons. The average Bonchev–Trinajstić information content (AvgIpc) is 3.31. The van der Waals surface area contributed by atoms with E-state index in [-0.39, 0.29) is 11.9 Å². The highest BCUT2D eigenvalue weighted by molar-refractivity contribution is 6.00. The summed E-state index contributed by atoms with van der Waals surface area (Å²) in [5, 5.41) is 0. The standard InChI is InChI=1S/C32H39N3O3/c1-4-33-18-20-34(21-19-33)29-15-9-13-26-27(29)23-35(32(26)36)28(14-8-12-24-10-6-5-7-11-24)25-16-17-30(37-2)31(22-25)38-3/h5-7,9-11,13,15-17,22,28H,4,8,12,14,18-21,23H2,1-3H3. The second-order valence-corrected chi connectivity index (χ2v) is 10.2. The maximum absolute atomic E-state index is 13.9. The minimum absolute atomic E-state index is 0.0526. The number of aryl methyl sites for hydroxylation is 1. The summed E-state index contributed by atoms with van der Waals surface area (Å²) in [5.74, 6) is 1.51. The van der Waals surface area contributed by atoms with Crippen molar-refractivity contribution < 1.29 is 14.3 Å². The molecule has 6 heteroatoms. The SMILES string of the molecule is CCN1CCN(c2cccc3c2CN(C(CCCc2ccccc2)c2ccc(OC)c(OC)c2)C3=O)CC1. The molecular formula is C32H39N3O3. The van der Waals surface area contributed by atoms with Crippen LogP contribution in [0.3, 0.4) is 0 Å². The lowest BCUT2D eigenvalue weighted by atomic mass is 9.97. The molecule has 0 N–H and O–H groups in total. The summed E-state index contributed by atoms with van der Waals surface area (Å²) < 4.78 is 11.1. The molecule has 1 amide bonds. The number of rotatable bonds is 10. The second kappa shape index (κ2) is 11.9. The van der Waals surface area contributed by atoms with Crippen molar-refractivity contribution in [3.05, 3.63) is 89.0 Å². The van der Waals surface area contributed by atoms with Gasteiger partial charge in [-0.05, 0) is 61.2 Å². The van der Waals surface area contributed by atoms with Crippen molar-refractivity contribution >= 4 is 11.6 Å². The van der Waals surface area contributed by atoms with Crippen LogP contribution in [0.4, 0.5) is 5.69 Å². The van der Waals surface area contributed by atoms with Crippen molar-refractivity contribution in [1.82, 2.24) is 9.80 Å². The lowest BCUT2D eigenvalue weighted by Gasteiger charge is -2.36. The Hall–Kier alpha value is -3.51. The minimum atomic E-state index is -0.0526. The summed E-state index contributed by atoms with van der Waals surface area (Å²) in [6.07, 6.45) is 2.83. The van der Waals surface area contributed by atoms with Crippen LogP contribution in [0.15, 0.2) is 66.7 Å². The molecule has 1 saturated heterocycles. The summed E-state index contributed by atoms with van der Waals surface area (Å²) in [6.45, 7) is 8.05. The van der Waals surface area contributed by atoms with Gasteiger partial charge in [0.05, 0.1) is 20.3 Å². The number of hydrogen-bond donors (Lipinski definition) is 0. The molecular weight excluding hydrogens is 474 g/mol. The maximum atomic E-state index is 13.9. The van der Waals surface area contributed by atoms with E-state index in [9.17, 15) is 4.79 Å². The number of nitrogens with zero attached hydrogens (tertiary/aromatic N) is 3. The molecule has 3 aromatic rings. The first-order valence-corrected chi connectivity index (χ1v) is 13.8. The number of benzene rings is 3. The first kappa shape index (κ1) is 26.1. The zero-order valence-corrected chi connectivity index (χ0v) is 22.9. The number of anilines is 1. The molecule has 1 unspecified atom stereocenters. The highest BCUT2D eigenvalue weighted by atomic mass is 16.5. The van der Waals surface area contributed by atoms with Gasteiger partial charge < -0.3 is 24.2 Å². The predicted molar refractivity (Wildman–Crippen MR) is 152 cm³/mol. The Morgan fingerprint density at radius 2 is 1.63 bits per heavy atom. The molecule has 2 aliphatic heterocycles. The van der Waals surface area contributed by atoms with Gasteiger partial charge in [0.2, 0.25) is 0 Å². The fourth-order valence-electron chi connectivity index (χ4n) is 5.90. The number of likely N-dealkylation sites (N-methyl/N-ethyl adjacent to an activating group) is 1. The lowest BCUT2D eigenvalue weighted by molar-refractivity contribution is 0.0689. The third-order valence-electron chi connectivity index (χ3n) is 8.09. The number of hydrogen-bond acceptors (Lipinski definition) is 5. The van der Waals surface area contributed by atoms with Crippen LogP contribution in [0.5, 0.6) is 11.5 Å². The number of carbonyl (C=O) groups is 1. The smallest absolute Gasteiger partial charge is 0.255 e. The molecule has 38 heavy (non-hydrogen) atoms. The first-order chi connectivity index (χ1) is 18.6. The molecule has 3 aromatic carbocycles. The van der Waals surface area contributed by atoms with Gasteiger partial charge in [-0.15, -0.1) is 0 Å². The van der Waals surface area contributed by atoms with Gasteiger partial charge in [0.25, 0.3) is 5.91 Å². The quantitative estimate of drug-likeness (QED) is 0.355. The summed E-state index contributed by atoms with van der Waals surface area (Å²) in [7, 11) is 3.31. The monoisotopic (exact) mass is 513 g/mol. The van der Waals surface area contributed by atoms with Gasteiger partial charge in [-0.25, -0.2) is 0 Å². The van der Waals surface area contributed by atoms with E-state index in [1.165, 1.54) is 11.3 Å². The highest BCUT2D eigenvalue weighted by Crippen LogP contribution is 2.40. The van der Waals surface area contributed by atoms with Crippen molar-refractivity contribution in [2.75, 3.05) is 51.8 Å². The van der Waals surface area contributed by atoms with Gasteiger partial charge >= 0.3 is 0 Å². The number of ether oxygens (including phenoxy) is 2. The Morgan fingerprint density at radius 3 is 2.34 bits per heavy atom. The molecule has 0 radical (unpaired) electrons. The molecule has 6 nitrogen and oxygen atoms in total. The van der Waals surface area contributed by atoms with E-state index >= 15 is 0 Å². The summed E-state index contributed by atoms with van der Waals surface area (Å²) in [5.41, 5.74) is 5.62. The van der Waals surface area contributed by atoms with Crippen molar-refractivity contribution in [2.24, 2.45) is 0 Å². The van der Waals surface area contributed by atoms with E-state index in [2.05, 4.69) is 64.1 Å². The lowest BCUT2D eigenvalue weighted by Crippen LogP contribution is -2.46. The fourth-order valence-corrected chi connectivity index (χ4v) is 5.90. The fraction of sp³-hybridized carbons (Fsp3) is 0.406. The van der Waals surface area contributed by atoms with Crippen LogP contribution in [-0.4, -0.2) is 62.7 Å². The Bertz CT molecular complexity index is 1240. The van der Waals surface area contributed by atoms with Crippen LogP contribution < -0.4 is 14.4 Å². The number of carbonyl (C=O) groups excluding carboxylic acids is 1. The molecule has 0 aliphatic carbocycles. The van der Waals surface area contributed by atoms with Crippen LogP contribution in [-0.2, 0) is 13.0 Å². The van der Waals surface area contributed by atoms with E-state index in [1.54, 1.807) is 14.2 Å². The van der Waals surface area contributed by atoms with E-state index in [1.807, 2.05) is 24.3 Å². The summed E-state index contributed by atoms with van der Waals surface area (Å²) in [6, 6.07) is 22.8. The number of methoxy groups -OCH3 is 2. The molecule has 0 spiro atoms. The molecule has 1 fully saturated rings. The van der Waals surface area contributed by atoms with E-state index in [0.717, 1.165) is 68.7 Å². The van der Waals surface area contributed by atoms with Gasteiger partial charge in [0, 0.05) is 49.5 Å². The van der Waals surface area contributed by atoms with Crippen LogP contribution in [0.2, 0.25) is 0 Å². The number of fused-ring (bicyclic) bond motifs is 1. The second-order valence-electron chi connectivity index (χ2n) is 10.2. The van der Waals surface area contributed by atoms with Crippen molar-refractivity contribution in [1.29, 1.82) is 0 Å². The zero-order valence-electron chi connectivity index (χ0n) is 22.9. The van der Waals surface area contributed by atoms with Gasteiger partial charge in [-0.2, -0.15) is 0 Å². The molecule has 2 heterocycles. The van der Waals surface area contributed by atoms with Crippen LogP contribution in [0, 0.1) is 0 Å². The largest absolute Gasteiger partial charge is 0.493 e. The van der Waals surface area contributed by atoms with Crippen molar-refractivity contribution in [2.45, 2.75) is 38.8 Å². The number of piperazine rings is 1. The summed E-state index contributed by atoms with van der Waals surface area (Å²) in [4.78, 5) is 20.9. The van der Waals surface area contributed by atoms with E-state index in [0.29, 0.717) is 18.0 Å². The Labute approximate surface area is 226 Å². The zero-order chi connectivity index (χ0) is 26.5. The van der Waals surface area contributed by atoms with Crippen LogP contribution >= 0.6 is 0 Å². The maximum Gasteiger partial charge on any atom is 0.255 e.